The third kappa shape index (κ3) is 3.78. The van der Waals surface area contributed by atoms with E-state index in [1.54, 1.807) is 6.07 Å². The minimum absolute atomic E-state index is 0.0369. The van der Waals surface area contributed by atoms with Crippen LogP contribution in [0.2, 0.25) is 0 Å². The number of benzene rings is 1. The third-order valence-corrected chi connectivity index (χ3v) is 4.08. The predicted octanol–water partition coefficient (Wildman–Crippen LogP) is 4.56. The van der Waals surface area contributed by atoms with Gasteiger partial charge in [-0.3, -0.25) is 0 Å². The van der Waals surface area contributed by atoms with E-state index in [2.05, 4.69) is 15.9 Å². The quantitative estimate of drug-likeness (QED) is 0.870. The first kappa shape index (κ1) is 13.0. The highest BCUT2D eigenvalue weighted by Crippen LogP contribution is 2.31. The Morgan fingerprint density at radius 1 is 1.24 bits per heavy atom. The van der Waals surface area contributed by atoms with Crippen LogP contribution in [0, 0.1) is 11.7 Å². The predicted molar refractivity (Wildman–Crippen MR) is 72.2 cm³/mol. The molecule has 1 unspecified atom stereocenters. The summed E-state index contributed by atoms with van der Waals surface area (Å²) in [5.74, 6) is 0.509. The van der Waals surface area contributed by atoms with Crippen molar-refractivity contribution < 1.29 is 4.39 Å². The summed E-state index contributed by atoms with van der Waals surface area (Å²) in [7, 11) is 0. The molecule has 2 N–H and O–H groups in total. The normalized spacial score (nSPS) is 19.2. The van der Waals surface area contributed by atoms with Gasteiger partial charge in [0.25, 0.3) is 0 Å². The first-order chi connectivity index (χ1) is 8.15. The third-order valence-electron chi connectivity index (χ3n) is 3.63. The number of rotatable bonds is 3. The zero-order chi connectivity index (χ0) is 12.3. The zero-order valence-corrected chi connectivity index (χ0v) is 11.5. The Kier molecular flexibility index (Phi) is 4.57. The molecule has 0 heterocycles. The van der Waals surface area contributed by atoms with Crippen molar-refractivity contribution in [2.45, 2.75) is 44.6 Å². The van der Waals surface area contributed by atoms with Gasteiger partial charge in [0.1, 0.15) is 5.82 Å². The summed E-state index contributed by atoms with van der Waals surface area (Å²) in [5.41, 5.74) is 7.08. The fourth-order valence-corrected chi connectivity index (χ4v) is 3.19. The van der Waals surface area contributed by atoms with Crippen LogP contribution in [0.5, 0.6) is 0 Å². The molecule has 1 aliphatic rings. The van der Waals surface area contributed by atoms with E-state index in [1.807, 2.05) is 6.07 Å². The Hall–Kier alpha value is -0.410. The molecule has 1 aromatic carbocycles. The van der Waals surface area contributed by atoms with Gasteiger partial charge in [0.15, 0.2) is 0 Å². The average Bonchev–Trinajstić information content (AvgIpc) is 2.29. The molecule has 17 heavy (non-hydrogen) atoms. The molecule has 1 aliphatic carbocycles. The lowest BCUT2D eigenvalue weighted by molar-refractivity contribution is 0.319. The Balaban J connectivity index is 2.00. The molecular formula is C14H19BrFN. The molecule has 2 rings (SSSR count). The molecule has 0 radical (unpaired) electrons. The molecule has 1 saturated carbocycles. The number of nitrogens with two attached hydrogens (primary N) is 1. The van der Waals surface area contributed by atoms with Crippen molar-refractivity contribution in [2.24, 2.45) is 11.7 Å². The van der Waals surface area contributed by atoms with E-state index in [0.29, 0.717) is 0 Å². The van der Waals surface area contributed by atoms with E-state index in [1.165, 1.54) is 38.2 Å². The number of halogens is 2. The van der Waals surface area contributed by atoms with Gasteiger partial charge in [-0.25, -0.2) is 4.39 Å². The van der Waals surface area contributed by atoms with Gasteiger partial charge >= 0.3 is 0 Å². The van der Waals surface area contributed by atoms with Crippen LogP contribution >= 0.6 is 15.9 Å². The van der Waals surface area contributed by atoms with Gasteiger partial charge in [0, 0.05) is 10.5 Å². The van der Waals surface area contributed by atoms with Gasteiger partial charge in [-0.15, -0.1) is 0 Å². The van der Waals surface area contributed by atoms with E-state index in [4.69, 9.17) is 5.73 Å². The molecule has 0 amide bonds. The fourth-order valence-electron chi connectivity index (χ4n) is 2.71. The van der Waals surface area contributed by atoms with Crippen LogP contribution < -0.4 is 5.73 Å². The maximum absolute atomic E-state index is 13.3. The summed E-state index contributed by atoms with van der Waals surface area (Å²) in [6, 6.07) is 4.91. The Bertz CT molecular complexity index is 354. The molecular weight excluding hydrogens is 281 g/mol. The lowest BCUT2D eigenvalue weighted by Crippen LogP contribution is -2.17. The van der Waals surface area contributed by atoms with Crippen molar-refractivity contribution in [1.82, 2.24) is 0 Å². The molecule has 1 aromatic rings. The molecule has 0 bridgehead atoms. The molecule has 0 aliphatic heterocycles. The smallest absolute Gasteiger partial charge is 0.124 e. The number of hydrogen-bond donors (Lipinski definition) is 1. The van der Waals surface area contributed by atoms with Crippen molar-refractivity contribution >= 4 is 15.9 Å². The molecule has 3 heteroatoms. The van der Waals surface area contributed by atoms with Gasteiger partial charge < -0.3 is 5.73 Å². The van der Waals surface area contributed by atoms with E-state index in [0.717, 1.165) is 22.4 Å². The van der Waals surface area contributed by atoms with Gasteiger partial charge in [0.2, 0.25) is 0 Å². The maximum Gasteiger partial charge on any atom is 0.124 e. The van der Waals surface area contributed by atoms with E-state index >= 15 is 0 Å². The second kappa shape index (κ2) is 5.96. The summed E-state index contributed by atoms with van der Waals surface area (Å²) in [6.07, 6.45) is 7.55. The van der Waals surface area contributed by atoms with Gasteiger partial charge in [0.05, 0.1) is 0 Å². The van der Waals surface area contributed by atoms with E-state index in [-0.39, 0.29) is 11.9 Å². The molecule has 0 saturated heterocycles. The van der Waals surface area contributed by atoms with Crippen molar-refractivity contribution in [2.75, 3.05) is 0 Å². The highest BCUT2D eigenvalue weighted by Gasteiger charge is 2.18. The van der Waals surface area contributed by atoms with Crippen LogP contribution in [0.25, 0.3) is 0 Å². The monoisotopic (exact) mass is 299 g/mol. The van der Waals surface area contributed by atoms with Crippen molar-refractivity contribution in [3.05, 3.63) is 34.1 Å². The van der Waals surface area contributed by atoms with Gasteiger partial charge in [-0.1, -0.05) is 48.0 Å². The topological polar surface area (TPSA) is 26.0 Å². The fraction of sp³-hybridized carbons (Fsp3) is 0.571. The molecule has 0 spiro atoms. The summed E-state index contributed by atoms with van der Waals surface area (Å²) < 4.78 is 14.1. The van der Waals surface area contributed by atoms with Gasteiger partial charge in [-0.05, 0) is 36.1 Å². The first-order valence-electron chi connectivity index (χ1n) is 6.37. The van der Waals surface area contributed by atoms with Crippen LogP contribution in [0.4, 0.5) is 4.39 Å². The van der Waals surface area contributed by atoms with E-state index < -0.39 is 0 Å². The highest BCUT2D eigenvalue weighted by molar-refractivity contribution is 9.10. The van der Waals surface area contributed by atoms with Crippen LogP contribution in [0.3, 0.4) is 0 Å². The highest BCUT2D eigenvalue weighted by atomic mass is 79.9. The zero-order valence-electron chi connectivity index (χ0n) is 9.96. The summed E-state index contributed by atoms with van der Waals surface area (Å²) in [4.78, 5) is 0. The minimum atomic E-state index is -0.214. The summed E-state index contributed by atoms with van der Waals surface area (Å²) in [6.45, 7) is 0. The molecule has 1 fully saturated rings. The van der Waals surface area contributed by atoms with E-state index in [9.17, 15) is 4.39 Å². The van der Waals surface area contributed by atoms with Gasteiger partial charge in [-0.2, -0.15) is 0 Å². The molecule has 94 valence electrons. The second-order valence-electron chi connectivity index (χ2n) is 5.05. The molecule has 1 atom stereocenters. The second-order valence-corrected chi connectivity index (χ2v) is 5.96. The van der Waals surface area contributed by atoms with Crippen LogP contribution in [-0.2, 0) is 0 Å². The average molecular weight is 300 g/mol. The Morgan fingerprint density at radius 3 is 2.59 bits per heavy atom. The first-order valence-corrected chi connectivity index (χ1v) is 7.16. The van der Waals surface area contributed by atoms with Crippen LogP contribution in [0.15, 0.2) is 22.7 Å². The number of hydrogen-bond acceptors (Lipinski definition) is 1. The minimum Gasteiger partial charge on any atom is -0.324 e. The Labute approximate surface area is 111 Å². The lowest BCUT2D eigenvalue weighted by Gasteiger charge is -2.24. The largest absolute Gasteiger partial charge is 0.324 e. The van der Waals surface area contributed by atoms with Crippen LogP contribution in [-0.4, -0.2) is 0 Å². The Morgan fingerprint density at radius 2 is 1.94 bits per heavy atom. The molecule has 0 aromatic heterocycles. The summed E-state index contributed by atoms with van der Waals surface area (Å²) >= 11 is 3.31. The van der Waals surface area contributed by atoms with Crippen molar-refractivity contribution in [3.8, 4) is 0 Å². The standard InChI is InChI=1S/C14H19BrFN/c15-12-7-11(8-13(16)9-12)14(17)6-10-4-2-1-3-5-10/h7-10,14H,1-6,17H2. The maximum atomic E-state index is 13.3. The molecule has 1 nitrogen and oxygen atoms in total. The summed E-state index contributed by atoms with van der Waals surface area (Å²) in [5, 5.41) is 0. The van der Waals surface area contributed by atoms with Crippen LogP contribution in [0.1, 0.15) is 50.1 Å². The van der Waals surface area contributed by atoms with Crippen molar-refractivity contribution in [3.63, 3.8) is 0 Å². The SMILES string of the molecule is NC(CC1CCCCC1)c1cc(F)cc(Br)c1. The lowest BCUT2D eigenvalue weighted by atomic mass is 9.83. The van der Waals surface area contributed by atoms with Crippen molar-refractivity contribution in [1.29, 1.82) is 0 Å².